The van der Waals surface area contributed by atoms with Crippen LogP contribution in [0, 0.1) is 5.82 Å². The second kappa shape index (κ2) is 15.3. The van der Waals surface area contributed by atoms with E-state index in [9.17, 15) is 14.0 Å². The second-order valence-electron chi connectivity index (χ2n) is 10.8. The molecule has 4 aromatic rings. The summed E-state index contributed by atoms with van der Waals surface area (Å²) in [6.07, 6.45) is 13.0. The van der Waals surface area contributed by atoms with Crippen molar-refractivity contribution in [2.75, 3.05) is 32.1 Å². The molecule has 0 saturated carbocycles. The summed E-state index contributed by atoms with van der Waals surface area (Å²) in [6, 6.07) is 10.8. The van der Waals surface area contributed by atoms with Gasteiger partial charge < -0.3 is 19.5 Å². The van der Waals surface area contributed by atoms with Crippen molar-refractivity contribution in [1.29, 1.82) is 0 Å². The molecule has 2 aromatic carbocycles. The number of aromatic nitrogens is 3. The van der Waals surface area contributed by atoms with E-state index >= 15 is 0 Å². The van der Waals surface area contributed by atoms with E-state index < -0.39 is 12.0 Å². The van der Waals surface area contributed by atoms with Crippen molar-refractivity contribution in [3.8, 4) is 11.1 Å². The summed E-state index contributed by atoms with van der Waals surface area (Å²) in [5.41, 5.74) is 3.54. The van der Waals surface area contributed by atoms with Crippen LogP contribution in [0.5, 0.6) is 0 Å². The van der Waals surface area contributed by atoms with Crippen LogP contribution in [0.2, 0.25) is 0 Å². The Morgan fingerprint density at radius 1 is 1.18 bits per heavy atom. The lowest BCUT2D eigenvalue weighted by Gasteiger charge is -2.30. The molecule has 0 bridgehead atoms. The fourth-order valence-electron chi connectivity index (χ4n) is 5.12. The van der Waals surface area contributed by atoms with Gasteiger partial charge in [-0.1, -0.05) is 18.2 Å². The van der Waals surface area contributed by atoms with Gasteiger partial charge in [0.25, 0.3) is 5.91 Å². The number of likely N-dealkylation sites (tertiary alicyclic amines) is 1. The third kappa shape index (κ3) is 8.43. The molecule has 0 aliphatic carbocycles. The Balaban J connectivity index is 1.44. The molecular weight excluding hydrogens is 598 g/mol. The monoisotopic (exact) mass is 633 g/mol. The van der Waals surface area contributed by atoms with E-state index in [1.165, 1.54) is 12.1 Å². The van der Waals surface area contributed by atoms with Crippen LogP contribution in [0.25, 0.3) is 22.8 Å². The molecule has 3 heterocycles. The number of amides is 1. The maximum absolute atomic E-state index is 13.9. The number of halogens is 1. The third-order valence-electron chi connectivity index (χ3n) is 7.55. The van der Waals surface area contributed by atoms with Crippen molar-refractivity contribution in [1.82, 2.24) is 24.8 Å². The molecular formula is C33H36FN5O3S2. The van der Waals surface area contributed by atoms with Gasteiger partial charge in [-0.15, -0.1) is 11.3 Å². The molecule has 0 unspecified atom stereocenters. The van der Waals surface area contributed by atoms with Gasteiger partial charge in [-0.3, -0.25) is 4.79 Å². The molecule has 1 N–H and O–H groups in total. The third-order valence-corrected chi connectivity index (χ3v) is 9.05. The van der Waals surface area contributed by atoms with Crippen LogP contribution in [0.4, 0.5) is 4.39 Å². The zero-order valence-electron chi connectivity index (χ0n) is 24.8. The molecule has 1 aliphatic heterocycles. The molecule has 2 aromatic heterocycles. The Labute approximate surface area is 265 Å². The smallest absolute Gasteiger partial charge is 0.328 e. The van der Waals surface area contributed by atoms with Crippen molar-refractivity contribution in [3.05, 3.63) is 94.7 Å². The number of thioether (sulfide) groups is 1. The minimum Gasteiger partial charge on any atom is -0.461 e. The van der Waals surface area contributed by atoms with Gasteiger partial charge in [0.2, 0.25) is 0 Å². The van der Waals surface area contributed by atoms with Crippen molar-refractivity contribution in [2.24, 2.45) is 0 Å². The summed E-state index contributed by atoms with van der Waals surface area (Å²) < 4.78 is 21.7. The van der Waals surface area contributed by atoms with Crippen LogP contribution in [0.1, 0.15) is 40.2 Å². The van der Waals surface area contributed by atoms with E-state index in [4.69, 9.17) is 4.74 Å². The van der Waals surface area contributed by atoms with Crippen LogP contribution in [0.3, 0.4) is 0 Å². The lowest BCUT2D eigenvalue weighted by molar-refractivity contribution is -0.153. The van der Waals surface area contributed by atoms with Crippen molar-refractivity contribution in [3.63, 3.8) is 0 Å². The van der Waals surface area contributed by atoms with Gasteiger partial charge in [0.1, 0.15) is 23.0 Å². The number of esters is 1. The van der Waals surface area contributed by atoms with E-state index in [-0.39, 0.29) is 17.8 Å². The molecule has 1 saturated heterocycles. The molecule has 1 amide bonds. The molecule has 11 heteroatoms. The fraction of sp³-hybridized carbons (Fsp3) is 0.333. The Bertz CT molecular complexity index is 1550. The lowest BCUT2D eigenvalue weighted by Crippen LogP contribution is -2.45. The molecule has 1 aliphatic rings. The Hall–Kier alpha value is -3.80. The lowest BCUT2D eigenvalue weighted by atomic mass is 9.95. The molecule has 0 spiro atoms. The average molecular weight is 634 g/mol. The predicted octanol–water partition coefficient (Wildman–Crippen LogP) is 5.88. The number of rotatable bonds is 12. The number of carbonyl (C=O) groups is 2. The van der Waals surface area contributed by atoms with E-state index in [0.717, 1.165) is 42.1 Å². The molecule has 230 valence electrons. The molecule has 5 rings (SSSR count). The normalized spacial score (nSPS) is 15.2. The van der Waals surface area contributed by atoms with Crippen molar-refractivity contribution in [2.45, 2.75) is 38.0 Å². The highest BCUT2D eigenvalue weighted by Gasteiger charge is 2.28. The SMILES string of the molecule is CSCC[C@H](NC(=O)c1ccc(/C=C(/Cn2ccnc2)c2nccs2)cc1-c1ccc(F)cc1)C(=O)OC1CCN(C)CC1. The number of thiazole rings is 1. The highest BCUT2D eigenvalue weighted by molar-refractivity contribution is 7.98. The number of nitrogens with zero attached hydrogens (tertiary/aromatic N) is 4. The van der Waals surface area contributed by atoms with Gasteiger partial charge in [-0.05, 0) is 85.4 Å². The zero-order chi connectivity index (χ0) is 30.9. The number of hydrogen-bond donors (Lipinski definition) is 1. The van der Waals surface area contributed by atoms with Gasteiger partial charge in [-0.25, -0.2) is 19.2 Å². The fourth-order valence-corrected chi connectivity index (χ4v) is 6.24. The van der Waals surface area contributed by atoms with Crippen LogP contribution in [0.15, 0.2) is 72.8 Å². The Kier molecular flexibility index (Phi) is 11.0. The minimum atomic E-state index is -0.776. The summed E-state index contributed by atoms with van der Waals surface area (Å²) in [7, 11) is 2.05. The first-order valence-corrected chi connectivity index (χ1v) is 16.8. The Morgan fingerprint density at radius 2 is 1.98 bits per heavy atom. The van der Waals surface area contributed by atoms with Gasteiger partial charge in [-0.2, -0.15) is 11.8 Å². The topological polar surface area (TPSA) is 89.3 Å². The van der Waals surface area contributed by atoms with Crippen LogP contribution in [-0.4, -0.2) is 75.6 Å². The number of carbonyl (C=O) groups excluding carboxylic acids is 2. The second-order valence-corrected chi connectivity index (χ2v) is 12.7. The number of nitrogens with one attached hydrogen (secondary N) is 1. The highest BCUT2D eigenvalue weighted by Crippen LogP contribution is 2.29. The molecule has 0 radical (unpaired) electrons. The quantitative estimate of drug-likeness (QED) is 0.195. The van der Waals surface area contributed by atoms with Crippen LogP contribution in [-0.2, 0) is 16.1 Å². The van der Waals surface area contributed by atoms with Gasteiger partial charge in [0.15, 0.2) is 0 Å². The van der Waals surface area contributed by atoms with E-state index in [1.54, 1.807) is 60.0 Å². The van der Waals surface area contributed by atoms with Crippen LogP contribution < -0.4 is 5.32 Å². The maximum Gasteiger partial charge on any atom is 0.328 e. The molecule has 8 nitrogen and oxygen atoms in total. The van der Waals surface area contributed by atoms with Crippen LogP contribution >= 0.6 is 23.1 Å². The number of benzene rings is 2. The van der Waals surface area contributed by atoms with Crippen molar-refractivity contribution >= 4 is 46.6 Å². The minimum absolute atomic E-state index is 0.150. The molecule has 1 fully saturated rings. The van der Waals surface area contributed by atoms with Gasteiger partial charge in [0.05, 0.1) is 12.9 Å². The summed E-state index contributed by atoms with van der Waals surface area (Å²) in [6.45, 7) is 2.31. The van der Waals surface area contributed by atoms with E-state index in [2.05, 4.69) is 27.2 Å². The summed E-state index contributed by atoms with van der Waals surface area (Å²) in [4.78, 5) is 37.9. The molecule has 1 atom stereocenters. The van der Waals surface area contributed by atoms with Gasteiger partial charge in [0, 0.05) is 48.2 Å². The van der Waals surface area contributed by atoms with E-state index in [1.807, 2.05) is 40.6 Å². The number of allylic oxidation sites excluding steroid dienone is 1. The van der Waals surface area contributed by atoms with Gasteiger partial charge >= 0.3 is 5.97 Å². The summed E-state index contributed by atoms with van der Waals surface area (Å²) in [5.74, 6) is -0.461. The first-order valence-electron chi connectivity index (χ1n) is 14.5. The first-order chi connectivity index (χ1) is 21.4. The number of imidazole rings is 1. The predicted molar refractivity (Wildman–Crippen MR) is 175 cm³/mol. The number of piperidine rings is 1. The highest BCUT2D eigenvalue weighted by atomic mass is 32.2. The Morgan fingerprint density at radius 3 is 2.66 bits per heavy atom. The van der Waals surface area contributed by atoms with Crippen molar-refractivity contribution < 1.29 is 18.7 Å². The summed E-state index contributed by atoms with van der Waals surface area (Å²) >= 11 is 3.15. The molecule has 44 heavy (non-hydrogen) atoms. The van der Waals surface area contributed by atoms with E-state index in [0.29, 0.717) is 35.4 Å². The summed E-state index contributed by atoms with van der Waals surface area (Å²) in [5, 5.41) is 5.76. The largest absolute Gasteiger partial charge is 0.461 e. The zero-order valence-corrected chi connectivity index (χ0v) is 26.5. The first kappa shape index (κ1) is 31.6. The number of ether oxygens (including phenoxy) is 1. The number of hydrogen-bond acceptors (Lipinski definition) is 8. The standard InChI is InChI=1S/C33H36FN5O3S2/c1-38-14-9-27(10-15-38)42-33(41)30(11-17-43-2)37-31(40)28-8-3-23(20-29(28)24-4-6-26(34)7-5-24)19-25(32-36-13-18-44-32)21-39-16-12-35-22-39/h3-8,12-13,16,18-20,22,27,30H,9-11,14-15,17,21H2,1-2H3,(H,37,40)/b25-19-/t30-/m0/s1. The maximum atomic E-state index is 13.9. The average Bonchev–Trinajstić information content (AvgIpc) is 3.75.